The van der Waals surface area contributed by atoms with Crippen molar-refractivity contribution in [1.82, 2.24) is 0 Å². The van der Waals surface area contributed by atoms with Crippen LogP contribution in [0, 0.1) is 0 Å². The van der Waals surface area contributed by atoms with Gasteiger partial charge in [-0.05, 0) is 24.3 Å². The van der Waals surface area contributed by atoms with Crippen molar-refractivity contribution >= 4 is 30.0 Å². The van der Waals surface area contributed by atoms with Crippen molar-refractivity contribution in [3.05, 3.63) is 59.7 Å². The summed E-state index contributed by atoms with van der Waals surface area (Å²) in [4.78, 5) is 29.1. The van der Waals surface area contributed by atoms with E-state index in [1.807, 2.05) is 6.79 Å². The summed E-state index contributed by atoms with van der Waals surface area (Å²) in [5, 5.41) is 0. The number of amides is 2. The Labute approximate surface area is 127 Å². The Bertz CT molecular complexity index is 589. The molecule has 2 aromatic carbocycles. The van der Waals surface area contributed by atoms with E-state index in [1.54, 1.807) is 48.5 Å². The van der Waals surface area contributed by atoms with Gasteiger partial charge in [0, 0.05) is 11.4 Å². The van der Waals surface area contributed by atoms with Gasteiger partial charge in [-0.3, -0.25) is 9.59 Å². The molecule has 0 aliphatic rings. The number of hydrogen-bond acceptors (Lipinski definition) is 5. The number of nitrogen functional groups attached to an aromatic ring is 2. The number of carbonyl (C=O) groups is 3. The van der Waals surface area contributed by atoms with Crippen molar-refractivity contribution in [2.45, 2.75) is 0 Å². The molecule has 0 saturated heterocycles. The summed E-state index contributed by atoms with van der Waals surface area (Å²) in [7, 11) is 0. The van der Waals surface area contributed by atoms with E-state index in [1.165, 1.54) is 0 Å². The summed E-state index contributed by atoms with van der Waals surface area (Å²) < 4.78 is 0. The molecule has 0 heterocycles. The van der Waals surface area contributed by atoms with E-state index in [4.69, 9.17) is 27.7 Å². The lowest BCUT2D eigenvalue weighted by atomic mass is 10.2. The number of hydrogen-bond donors (Lipinski definition) is 4. The van der Waals surface area contributed by atoms with Crippen LogP contribution in [0.3, 0.4) is 0 Å². The first-order valence-corrected chi connectivity index (χ1v) is 6.01. The van der Waals surface area contributed by atoms with Crippen molar-refractivity contribution in [2.75, 3.05) is 11.5 Å². The maximum absolute atomic E-state index is 10.6. The monoisotopic (exact) mass is 302 g/mol. The highest BCUT2D eigenvalue weighted by atomic mass is 16.1. The molecule has 0 bridgehead atoms. The Morgan fingerprint density at radius 3 is 1.14 bits per heavy atom. The minimum atomic E-state index is -0.488. The Morgan fingerprint density at radius 1 is 0.682 bits per heavy atom. The maximum Gasteiger partial charge on any atom is 0.250 e. The molecule has 0 aromatic heterocycles. The van der Waals surface area contributed by atoms with Crippen LogP contribution in [0.25, 0.3) is 0 Å². The van der Waals surface area contributed by atoms with Crippen LogP contribution >= 0.6 is 0 Å². The van der Waals surface area contributed by atoms with E-state index in [-0.39, 0.29) is 0 Å². The lowest BCUT2D eigenvalue weighted by molar-refractivity contribution is -0.0980. The zero-order valence-electron chi connectivity index (χ0n) is 11.9. The summed E-state index contributed by atoms with van der Waals surface area (Å²) in [5.74, 6) is -0.976. The smallest absolute Gasteiger partial charge is 0.250 e. The van der Waals surface area contributed by atoms with Gasteiger partial charge in [0.05, 0.1) is 11.1 Å². The second-order valence-corrected chi connectivity index (χ2v) is 3.90. The summed E-state index contributed by atoms with van der Waals surface area (Å²) in [6.07, 6.45) is 0. The lowest BCUT2D eigenvalue weighted by Gasteiger charge is -1.97. The van der Waals surface area contributed by atoms with Gasteiger partial charge in [0.15, 0.2) is 0 Å². The molecule has 7 nitrogen and oxygen atoms in total. The molecule has 0 saturated carbocycles. The lowest BCUT2D eigenvalue weighted by Crippen LogP contribution is -2.12. The second kappa shape index (κ2) is 9.54. The molecule has 0 radical (unpaired) electrons. The van der Waals surface area contributed by atoms with Crippen molar-refractivity contribution in [3.8, 4) is 0 Å². The van der Waals surface area contributed by atoms with Crippen LogP contribution in [0.1, 0.15) is 20.7 Å². The van der Waals surface area contributed by atoms with E-state index in [2.05, 4.69) is 0 Å². The van der Waals surface area contributed by atoms with Crippen LogP contribution in [-0.2, 0) is 4.79 Å². The van der Waals surface area contributed by atoms with E-state index in [0.29, 0.717) is 22.5 Å². The van der Waals surface area contributed by atoms with E-state index in [9.17, 15) is 9.59 Å². The number of nitrogens with two attached hydrogens (primary N) is 4. The van der Waals surface area contributed by atoms with Crippen LogP contribution < -0.4 is 22.9 Å². The molecule has 8 N–H and O–H groups in total. The summed E-state index contributed by atoms with van der Waals surface area (Å²) in [6.45, 7) is 2.00. The van der Waals surface area contributed by atoms with Gasteiger partial charge < -0.3 is 27.7 Å². The number of rotatable bonds is 2. The van der Waals surface area contributed by atoms with Gasteiger partial charge in [0.2, 0.25) is 0 Å². The number of anilines is 2. The fourth-order valence-electron chi connectivity index (χ4n) is 1.44. The number of carbonyl (C=O) groups excluding carboxylic acids is 3. The molecule has 2 rings (SSSR count). The Morgan fingerprint density at radius 2 is 0.955 bits per heavy atom. The highest BCUT2D eigenvalue weighted by Crippen LogP contribution is 2.08. The van der Waals surface area contributed by atoms with E-state index < -0.39 is 11.8 Å². The Hall–Kier alpha value is -3.35. The quantitative estimate of drug-likeness (QED) is 0.596. The van der Waals surface area contributed by atoms with Crippen molar-refractivity contribution in [1.29, 1.82) is 0 Å². The minimum Gasteiger partial charge on any atom is -0.398 e. The van der Waals surface area contributed by atoms with Crippen molar-refractivity contribution < 1.29 is 14.4 Å². The molecule has 116 valence electrons. The summed E-state index contributed by atoms with van der Waals surface area (Å²) in [6, 6.07) is 13.4. The standard InChI is InChI=1S/2C7H8N2O.CH2O/c2*8-6-4-2-1-3-5(6)7(9)10;1-2/h2*1-4H,8H2,(H2,9,10);1H2. The van der Waals surface area contributed by atoms with Crippen LogP contribution in [0.4, 0.5) is 11.4 Å². The predicted molar refractivity (Wildman–Crippen MR) is 85.9 cm³/mol. The molecule has 0 unspecified atom stereocenters. The van der Waals surface area contributed by atoms with Gasteiger partial charge >= 0.3 is 0 Å². The topological polar surface area (TPSA) is 155 Å². The number of benzene rings is 2. The third-order valence-electron chi connectivity index (χ3n) is 2.45. The van der Waals surface area contributed by atoms with Crippen LogP contribution in [0.2, 0.25) is 0 Å². The molecular formula is C15H18N4O3. The Balaban J connectivity index is 0.000000360. The van der Waals surface area contributed by atoms with Gasteiger partial charge in [-0.1, -0.05) is 24.3 Å². The summed E-state index contributed by atoms with van der Waals surface area (Å²) >= 11 is 0. The fourth-order valence-corrected chi connectivity index (χ4v) is 1.44. The van der Waals surface area contributed by atoms with Crippen molar-refractivity contribution in [2.24, 2.45) is 11.5 Å². The molecule has 0 spiro atoms. The average molecular weight is 302 g/mol. The fraction of sp³-hybridized carbons (Fsp3) is 0. The SMILES string of the molecule is C=O.NC(=O)c1ccccc1N.NC(=O)c1ccccc1N. The molecule has 7 heteroatoms. The number of primary amides is 2. The molecule has 0 fully saturated rings. The molecule has 2 aromatic rings. The first-order valence-electron chi connectivity index (χ1n) is 6.01. The van der Waals surface area contributed by atoms with E-state index in [0.717, 1.165) is 0 Å². The maximum atomic E-state index is 10.6. The molecule has 0 aliphatic heterocycles. The zero-order valence-corrected chi connectivity index (χ0v) is 11.9. The minimum absolute atomic E-state index is 0.377. The predicted octanol–water partition coefficient (Wildman–Crippen LogP) is 0.551. The highest BCUT2D eigenvalue weighted by Gasteiger charge is 2.02. The molecule has 22 heavy (non-hydrogen) atoms. The van der Waals surface area contributed by atoms with Gasteiger partial charge in [-0.15, -0.1) is 0 Å². The van der Waals surface area contributed by atoms with Crippen LogP contribution in [0.15, 0.2) is 48.5 Å². The largest absolute Gasteiger partial charge is 0.398 e. The average Bonchev–Trinajstić information content (AvgIpc) is 2.50. The number of para-hydroxylation sites is 2. The third-order valence-corrected chi connectivity index (χ3v) is 2.45. The first kappa shape index (κ1) is 18.6. The third kappa shape index (κ3) is 5.74. The van der Waals surface area contributed by atoms with Crippen molar-refractivity contribution in [3.63, 3.8) is 0 Å². The molecule has 2 amide bonds. The van der Waals surface area contributed by atoms with Gasteiger partial charge in [0.1, 0.15) is 6.79 Å². The molecule has 0 aliphatic carbocycles. The zero-order chi connectivity index (χ0) is 17.1. The van der Waals surface area contributed by atoms with Crippen LogP contribution in [-0.4, -0.2) is 18.6 Å². The Kier molecular flexibility index (Phi) is 8.09. The summed E-state index contributed by atoms with van der Waals surface area (Å²) in [5.41, 5.74) is 22.4. The van der Waals surface area contributed by atoms with E-state index >= 15 is 0 Å². The first-order chi connectivity index (χ1) is 10.4. The van der Waals surface area contributed by atoms with Gasteiger partial charge in [0.25, 0.3) is 11.8 Å². The molecule has 0 atom stereocenters. The van der Waals surface area contributed by atoms with Gasteiger partial charge in [-0.25, -0.2) is 0 Å². The van der Waals surface area contributed by atoms with Gasteiger partial charge in [-0.2, -0.15) is 0 Å². The van der Waals surface area contributed by atoms with Crippen LogP contribution in [0.5, 0.6) is 0 Å². The second-order valence-electron chi connectivity index (χ2n) is 3.90. The molecular weight excluding hydrogens is 284 g/mol. The highest BCUT2D eigenvalue weighted by molar-refractivity contribution is 5.98. The normalized spacial score (nSPS) is 8.55.